The third-order valence-electron chi connectivity index (χ3n) is 7.33. The Labute approximate surface area is 275 Å². The summed E-state index contributed by atoms with van der Waals surface area (Å²) in [6, 6.07) is 0. The molecule has 45 heavy (non-hydrogen) atoms. The fraction of sp³-hybridized carbons (Fsp3) is 0.692. The highest BCUT2D eigenvalue weighted by Crippen LogP contribution is 2.14. The SMILES string of the molecule is CC/C=C\C/C=C\CC(O)/C=C/C=C\C/C=C\CCCC(=O)OC[C@H](CO)OC(=O)CCCCCCCCCCCCC(C)C. The van der Waals surface area contributed by atoms with E-state index in [9.17, 15) is 19.8 Å². The molecule has 0 aromatic rings. The van der Waals surface area contributed by atoms with Crippen molar-refractivity contribution in [2.75, 3.05) is 13.2 Å². The number of esters is 2. The van der Waals surface area contributed by atoms with Gasteiger partial charge >= 0.3 is 11.9 Å². The molecule has 0 fully saturated rings. The first kappa shape index (κ1) is 42.6. The summed E-state index contributed by atoms with van der Waals surface area (Å²) in [6.45, 7) is 6.20. The smallest absolute Gasteiger partial charge is 0.306 e. The van der Waals surface area contributed by atoms with E-state index in [1.54, 1.807) is 6.08 Å². The average molecular weight is 631 g/mol. The Morgan fingerprint density at radius 3 is 1.96 bits per heavy atom. The molecule has 2 N–H and O–H groups in total. The Hall–Kier alpha value is -2.44. The molecule has 0 aliphatic carbocycles. The number of carbonyl (C=O) groups is 2. The quantitative estimate of drug-likeness (QED) is 0.0355. The molecule has 0 amide bonds. The summed E-state index contributed by atoms with van der Waals surface area (Å²) in [4.78, 5) is 24.1. The average Bonchev–Trinajstić information content (AvgIpc) is 3.02. The molecule has 0 aromatic carbocycles. The van der Waals surface area contributed by atoms with Crippen molar-refractivity contribution in [2.24, 2.45) is 5.92 Å². The van der Waals surface area contributed by atoms with Crippen molar-refractivity contribution in [2.45, 2.75) is 155 Å². The van der Waals surface area contributed by atoms with Crippen molar-refractivity contribution in [3.8, 4) is 0 Å². The Kier molecular flexibility index (Phi) is 31.2. The Morgan fingerprint density at radius 2 is 1.29 bits per heavy atom. The normalized spacial score (nSPS) is 13.7. The van der Waals surface area contributed by atoms with Gasteiger partial charge in [-0.2, -0.15) is 0 Å². The zero-order valence-electron chi connectivity index (χ0n) is 28.9. The maximum Gasteiger partial charge on any atom is 0.306 e. The molecule has 6 nitrogen and oxygen atoms in total. The number of unbranched alkanes of at least 4 members (excludes halogenated alkanes) is 10. The van der Waals surface area contributed by atoms with Gasteiger partial charge in [0, 0.05) is 12.8 Å². The van der Waals surface area contributed by atoms with Crippen molar-refractivity contribution in [3.63, 3.8) is 0 Å². The number of hydrogen-bond acceptors (Lipinski definition) is 6. The van der Waals surface area contributed by atoms with E-state index in [4.69, 9.17) is 9.47 Å². The zero-order valence-corrected chi connectivity index (χ0v) is 28.9. The summed E-state index contributed by atoms with van der Waals surface area (Å²) in [5.41, 5.74) is 0. The van der Waals surface area contributed by atoms with Crippen molar-refractivity contribution >= 4 is 11.9 Å². The monoisotopic (exact) mass is 630 g/mol. The predicted octanol–water partition coefficient (Wildman–Crippen LogP) is 9.66. The van der Waals surface area contributed by atoms with Crippen molar-refractivity contribution in [1.29, 1.82) is 0 Å². The molecule has 0 aliphatic heterocycles. The highest BCUT2D eigenvalue weighted by Gasteiger charge is 2.16. The van der Waals surface area contributed by atoms with E-state index in [1.807, 2.05) is 36.5 Å². The molecular formula is C39H66O6. The second kappa shape index (κ2) is 32.9. The number of hydrogen-bond donors (Lipinski definition) is 2. The molecule has 0 heterocycles. The molecule has 0 radical (unpaired) electrons. The van der Waals surface area contributed by atoms with Gasteiger partial charge < -0.3 is 19.7 Å². The van der Waals surface area contributed by atoms with Crippen LogP contribution in [0.1, 0.15) is 143 Å². The molecule has 0 saturated carbocycles. The maximum atomic E-state index is 12.1. The van der Waals surface area contributed by atoms with Gasteiger partial charge in [0.05, 0.1) is 12.7 Å². The van der Waals surface area contributed by atoms with Gasteiger partial charge in [0.15, 0.2) is 6.10 Å². The van der Waals surface area contributed by atoms with Crippen molar-refractivity contribution in [1.82, 2.24) is 0 Å². The molecule has 0 saturated heterocycles. The molecule has 2 atom stereocenters. The number of rotatable bonds is 30. The van der Waals surface area contributed by atoms with E-state index >= 15 is 0 Å². The standard InChI is InChI=1S/C39H66O6/c1-4-5-6-7-19-24-29-36(41)30-25-20-15-12-13-16-21-26-31-38(42)44-34-37(33-40)45-39(43)32-27-22-17-11-9-8-10-14-18-23-28-35(2)3/h5-6,13,15-16,19-20,24-25,30,35-37,40-41H,4,7-12,14,17-18,21-23,26-29,31-34H2,1-3H3/b6-5-,16-13-,20-15-,24-19-,30-25+/t36?,37-/m0/s1. The van der Waals surface area contributed by atoms with Gasteiger partial charge in [-0.25, -0.2) is 0 Å². The highest BCUT2D eigenvalue weighted by atomic mass is 16.6. The number of carbonyl (C=O) groups excluding carboxylic acids is 2. The topological polar surface area (TPSA) is 93.1 Å². The molecule has 0 spiro atoms. The van der Waals surface area contributed by atoms with Crippen LogP contribution in [-0.4, -0.2) is 47.6 Å². The molecule has 1 unspecified atom stereocenters. The second-order valence-corrected chi connectivity index (χ2v) is 12.2. The van der Waals surface area contributed by atoms with Crippen LogP contribution in [0.15, 0.2) is 60.8 Å². The van der Waals surface area contributed by atoms with Crippen molar-refractivity contribution < 1.29 is 29.3 Å². The molecular weight excluding hydrogens is 564 g/mol. The van der Waals surface area contributed by atoms with Crippen LogP contribution in [0.25, 0.3) is 0 Å². The minimum atomic E-state index is -0.812. The Balaban J connectivity index is 3.78. The fourth-order valence-corrected chi connectivity index (χ4v) is 4.62. The second-order valence-electron chi connectivity index (χ2n) is 12.2. The van der Waals surface area contributed by atoms with Gasteiger partial charge in [0.2, 0.25) is 0 Å². The first-order valence-electron chi connectivity index (χ1n) is 17.8. The predicted molar refractivity (Wildman–Crippen MR) is 188 cm³/mol. The van der Waals surface area contributed by atoms with Gasteiger partial charge in [-0.05, 0) is 50.9 Å². The third kappa shape index (κ3) is 32.8. The fourth-order valence-electron chi connectivity index (χ4n) is 4.62. The number of allylic oxidation sites excluding steroid dienone is 8. The summed E-state index contributed by atoms with van der Waals surface area (Å²) in [5.74, 6) is 0.112. The van der Waals surface area contributed by atoms with Crippen LogP contribution in [0.4, 0.5) is 0 Å². The minimum Gasteiger partial charge on any atom is -0.462 e. The van der Waals surface area contributed by atoms with E-state index < -0.39 is 12.2 Å². The molecule has 0 rings (SSSR count). The van der Waals surface area contributed by atoms with Crippen LogP contribution >= 0.6 is 0 Å². The minimum absolute atomic E-state index is 0.117. The lowest BCUT2D eigenvalue weighted by Crippen LogP contribution is -2.28. The summed E-state index contributed by atoms with van der Waals surface area (Å²) in [5, 5.41) is 19.5. The molecule has 258 valence electrons. The highest BCUT2D eigenvalue weighted by molar-refractivity contribution is 5.70. The number of aliphatic hydroxyl groups is 2. The molecule has 6 heteroatoms. The zero-order chi connectivity index (χ0) is 33.2. The number of ether oxygens (including phenoxy) is 2. The molecule has 0 aliphatic rings. The lowest BCUT2D eigenvalue weighted by atomic mass is 10.0. The Morgan fingerprint density at radius 1 is 0.689 bits per heavy atom. The van der Waals surface area contributed by atoms with Crippen LogP contribution in [-0.2, 0) is 19.1 Å². The number of aliphatic hydroxyl groups excluding tert-OH is 2. The van der Waals surface area contributed by atoms with E-state index in [0.29, 0.717) is 19.3 Å². The van der Waals surface area contributed by atoms with Gasteiger partial charge in [0.25, 0.3) is 0 Å². The van der Waals surface area contributed by atoms with E-state index in [2.05, 4.69) is 39.0 Å². The van der Waals surface area contributed by atoms with Gasteiger partial charge in [-0.15, -0.1) is 0 Å². The maximum absolute atomic E-state index is 12.1. The van der Waals surface area contributed by atoms with Crippen LogP contribution in [0, 0.1) is 5.92 Å². The summed E-state index contributed by atoms with van der Waals surface area (Å²) < 4.78 is 10.5. The first-order valence-corrected chi connectivity index (χ1v) is 17.8. The lowest BCUT2D eigenvalue weighted by molar-refractivity contribution is -0.161. The summed E-state index contributed by atoms with van der Waals surface area (Å²) >= 11 is 0. The van der Waals surface area contributed by atoms with Crippen molar-refractivity contribution in [3.05, 3.63) is 60.8 Å². The van der Waals surface area contributed by atoms with Gasteiger partial charge in [-0.1, -0.05) is 146 Å². The van der Waals surface area contributed by atoms with E-state index in [0.717, 1.165) is 50.9 Å². The van der Waals surface area contributed by atoms with Crippen LogP contribution in [0.2, 0.25) is 0 Å². The third-order valence-corrected chi connectivity index (χ3v) is 7.33. The molecule has 0 bridgehead atoms. The summed E-state index contributed by atoms with van der Waals surface area (Å²) in [7, 11) is 0. The van der Waals surface area contributed by atoms with Gasteiger partial charge in [0.1, 0.15) is 6.61 Å². The first-order chi connectivity index (χ1) is 21.9. The Bertz CT molecular complexity index is 838. The van der Waals surface area contributed by atoms with Crippen LogP contribution < -0.4 is 0 Å². The van der Waals surface area contributed by atoms with E-state index in [1.165, 1.54) is 51.4 Å². The lowest BCUT2D eigenvalue weighted by Gasteiger charge is -2.15. The van der Waals surface area contributed by atoms with Crippen LogP contribution in [0.5, 0.6) is 0 Å². The van der Waals surface area contributed by atoms with Crippen LogP contribution in [0.3, 0.4) is 0 Å². The summed E-state index contributed by atoms with van der Waals surface area (Å²) in [6.07, 6.45) is 37.4. The molecule has 0 aromatic heterocycles. The largest absolute Gasteiger partial charge is 0.462 e. The van der Waals surface area contributed by atoms with E-state index in [-0.39, 0.29) is 31.6 Å². The van der Waals surface area contributed by atoms with Gasteiger partial charge in [-0.3, -0.25) is 9.59 Å².